The lowest BCUT2D eigenvalue weighted by atomic mass is 9.97. The molecule has 0 aliphatic carbocycles. The molecule has 4 N–H and O–H groups in total. The second-order valence-corrected chi connectivity index (χ2v) is 8.98. The number of hydrogen-bond acceptors (Lipinski definition) is 6. The number of aromatic nitrogens is 3. The number of imidazole rings is 1. The number of anilines is 1. The van der Waals surface area contributed by atoms with Gasteiger partial charge in [0.15, 0.2) is 11.5 Å². The SMILES string of the molecule is COc1ccc([C@H](C)NC(=O)c2cccc(-c3cnc(N)c4nc(C5CCCNC5)cn34)c2)cc1. The summed E-state index contributed by atoms with van der Waals surface area (Å²) in [7, 11) is 1.63. The number of fused-ring (bicyclic) bond motifs is 1. The normalized spacial score (nSPS) is 16.7. The van der Waals surface area contributed by atoms with Crippen LogP contribution in [-0.2, 0) is 0 Å². The third-order valence-corrected chi connectivity index (χ3v) is 6.64. The van der Waals surface area contributed by atoms with Crippen molar-refractivity contribution in [3.63, 3.8) is 0 Å². The Kier molecular flexibility index (Phi) is 6.37. The van der Waals surface area contributed by atoms with E-state index in [2.05, 4.69) is 21.8 Å². The van der Waals surface area contributed by atoms with Crippen LogP contribution >= 0.6 is 0 Å². The van der Waals surface area contributed by atoms with Crippen LogP contribution in [0.1, 0.15) is 53.3 Å². The lowest BCUT2D eigenvalue weighted by molar-refractivity contribution is 0.0940. The molecule has 1 amide bonds. The molecule has 0 radical (unpaired) electrons. The molecular formula is C27H30N6O2. The molecular weight excluding hydrogens is 440 g/mol. The minimum Gasteiger partial charge on any atom is -0.497 e. The lowest BCUT2D eigenvalue weighted by Crippen LogP contribution is -2.28. The molecule has 0 spiro atoms. The Morgan fingerprint density at radius 3 is 2.83 bits per heavy atom. The number of carbonyl (C=O) groups is 1. The van der Waals surface area contributed by atoms with E-state index < -0.39 is 0 Å². The van der Waals surface area contributed by atoms with Crippen LogP contribution in [0.25, 0.3) is 16.9 Å². The zero-order chi connectivity index (χ0) is 24.4. The van der Waals surface area contributed by atoms with Gasteiger partial charge in [0, 0.05) is 29.8 Å². The predicted octanol–water partition coefficient (Wildman–Crippen LogP) is 3.95. The second-order valence-electron chi connectivity index (χ2n) is 8.98. The van der Waals surface area contributed by atoms with E-state index >= 15 is 0 Å². The number of rotatable bonds is 6. The van der Waals surface area contributed by atoms with Gasteiger partial charge in [0.25, 0.3) is 5.91 Å². The summed E-state index contributed by atoms with van der Waals surface area (Å²) in [5.74, 6) is 1.39. The van der Waals surface area contributed by atoms with E-state index in [0.29, 0.717) is 22.9 Å². The third kappa shape index (κ3) is 4.70. The molecule has 3 heterocycles. The lowest BCUT2D eigenvalue weighted by Gasteiger charge is -2.20. The molecule has 0 bridgehead atoms. The van der Waals surface area contributed by atoms with Gasteiger partial charge in [0.1, 0.15) is 5.75 Å². The summed E-state index contributed by atoms with van der Waals surface area (Å²) in [6.45, 7) is 3.92. The molecule has 1 aliphatic heterocycles. The standard InChI is InChI=1S/C27H30N6O2/c1-17(18-8-10-22(35-2)11-9-18)31-27(34)20-6-3-5-19(13-20)24-15-30-25(28)26-32-23(16-33(24)26)21-7-4-12-29-14-21/h3,5-6,8-11,13,15-17,21,29H,4,7,12,14H2,1-2H3,(H2,28,30)(H,31,34)/t17-,21?/m0/s1. The van der Waals surface area contributed by atoms with Crippen LogP contribution in [0.4, 0.5) is 5.82 Å². The molecule has 35 heavy (non-hydrogen) atoms. The molecule has 8 heteroatoms. The van der Waals surface area contributed by atoms with Crippen molar-refractivity contribution in [2.45, 2.75) is 31.7 Å². The highest BCUT2D eigenvalue weighted by Crippen LogP contribution is 2.28. The Balaban J connectivity index is 1.41. The van der Waals surface area contributed by atoms with Gasteiger partial charge in [-0.1, -0.05) is 24.3 Å². The predicted molar refractivity (Wildman–Crippen MR) is 137 cm³/mol. The Bertz CT molecular complexity index is 1340. The van der Waals surface area contributed by atoms with Crippen LogP contribution in [0, 0.1) is 0 Å². The van der Waals surface area contributed by atoms with E-state index in [1.54, 1.807) is 13.3 Å². The third-order valence-electron chi connectivity index (χ3n) is 6.64. The highest BCUT2D eigenvalue weighted by Gasteiger charge is 2.21. The summed E-state index contributed by atoms with van der Waals surface area (Å²) in [5, 5.41) is 6.53. The van der Waals surface area contributed by atoms with Crippen LogP contribution < -0.4 is 21.1 Å². The van der Waals surface area contributed by atoms with Crippen molar-refractivity contribution in [1.82, 2.24) is 25.0 Å². The fourth-order valence-electron chi connectivity index (χ4n) is 4.60. The number of amides is 1. The Morgan fingerprint density at radius 1 is 1.26 bits per heavy atom. The number of hydrogen-bond donors (Lipinski definition) is 3. The molecule has 1 unspecified atom stereocenters. The molecule has 2 aromatic carbocycles. The fourth-order valence-corrected chi connectivity index (χ4v) is 4.60. The molecule has 1 saturated heterocycles. The maximum Gasteiger partial charge on any atom is 0.251 e. The van der Waals surface area contributed by atoms with Gasteiger partial charge in [-0.05, 0) is 56.1 Å². The quantitative estimate of drug-likeness (QED) is 0.394. The van der Waals surface area contributed by atoms with Crippen LogP contribution in [0.2, 0.25) is 0 Å². The highest BCUT2D eigenvalue weighted by atomic mass is 16.5. The van der Waals surface area contributed by atoms with Gasteiger partial charge in [0.2, 0.25) is 0 Å². The number of carbonyl (C=O) groups excluding carboxylic acids is 1. The number of benzene rings is 2. The van der Waals surface area contributed by atoms with E-state index in [0.717, 1.165) is 54.2 Å². The molecule has 4 aromatic rings. The first-order valence-corrected chi connectivity index (χ1v) is 11.9. The maximum absolute atomic E-state index is 13.1. The van der Waals surface area contributed by atoms with Crippen LogP contribution in [0.5, 0.6) is 5.75 Å². The van der Waals surface area contributed by atoms with E-state index in [1.165, 1.54) is 0 Å². The van der Waals surface area contributed by atoms with E-state index in [1.807, 2.05) is 59.9 Å². The first-order chi connectivity index (χ1) is 17.0. The number of nitrogens with zero attached hydrogens (tertiary/aromatic N) is 3. The highest BCUT2D eigenvalue weighted by molar-refractivity contribution is 5.95. The van der Waals surface area contributed by atoms with Gasteiger partial charge >= 0.3 is 0 Å². The smallest absolute Gasteiger partial charge is 0.251 e. The van der Waals surface area contributed by atoms with Crippen LogP contribution in [0.15, 0.2) is 60.9 Å². The average Bonchev–Trinajstić information content (AvgIpc) is 3.36. The zero-order valence-electron chi connectivity index (χ0n) is 20.0. The first-order valence-electron chi connectivity index (χ1n) is 11.9. The molecule has 1 aliphatic rings. The van der Waals surface area contributed by atoms with Gasteiger partial charge < -0.3 is 21.1 Å². The van der Waals surface area contributed by atoms with Crippen molar-refractivity contribution in [2.24, 2.45) is 0 Å². The topological polar surface area (TPSA) is 107 Å². The summed E-state index contributed by atoms with van der Waals surface area (Å²) in [6, 6.07) is 15.1. The second kappa shape index (κ2) is 9.76. The van der Waals surface area contributed by atoms with Crippen molar-refractivity contribution in [3.05, 3.63) is 77.7 Å². The zero-order valence-corrected chi connectivity index (χ0v) is 20.0. The van der Waals surface area contributed by atoms with Crippen molar-refractivity contribution >= 4 is 17.4 Å². The van der Waals surface area contributed by atoms with Crippen molar-refractivity contribution < 1.29 is 9.53 Å². The summed E-state index contributed by atoms with van der Waals surface area (Å²) in [6.07, 6.45) is 6.02. The maximum atomic E-state index is 13.1. The van der Waals surface area contributed by atoms with Crippen LogP contribution in [0.3, 0.4) is 0 Å². The molecule has 180 valence electrons. The number of ether oxygens (including phenoxy) is 1. The van der Waals surface area contributed by atoms with Gasteiger partial charge in [0.05, 0.1) is 30.7 Å². The van der Waals surface area contributed by atoms with Crippen molar-refractivity contribution in [1.29, 1.82) is 0 Å². The van der Waals surface area contributed by atoms with E-state index in [-0.39, 0.29) is 11.9 Å². The number of nitrogens with two attached hydrogens (primary N) is 1. The molecule has 5 rings (SSSR count). The molecule has 0 saturated carbocycles. The van der Waals surface area contributed by atoms with Crippen molar-refractivity contribution in [3.8, 4) is 17.0 Å². The summed E-state index contributed by atoms with van der Waals surface area (Å²) >= 11 is 0. The molecule has 2 atom stereocenters. The minimum atomic E-state index is -0.151. The van der Waals surface area contributed by atoms with E-state index in [4.69, 9.17) is 15.5 Å². The van der Waals surface area contributed by atoms with Crippen molar-refractivity contribution in [2.75, 3.05) is 25.9 Å². The Labute approximate surface area is 204 Å². The molecule has 1 fully saturated rings. The largest absolute Gasteiger partial charge is 0.497 e. The number of piperidine rings is 1. The fraction of sp³-hybridized carbons (Fsp3) is 0.296. The van der Waals surface area contributed by atoms with Gasteiger partial charge in [-0.25, -0.2) is 9.97 Å². The Hall–Kier alpha value is -3.91. The number of nitrogens with one attached hydrogen (secondary N) is 2. The number of nitrogen functional groups attached to an aromatic ring is 1. The first kappa shape index (κ1) is 22.9. The van der Waals surface area contributed by atoms with Crippen LogP contribution in [-0.4, -0.2) is 40.5 Å². The average molecular weight is 471 g/mol. The molecule has 8 nitrogen and oxygen atoms in total. The van der Waals surface area contributed by atoms with Gasteiger partial charge in [-0.3, -0.25) is 9.20 Å². The van der Waals surface area contributed by atoms with E-state index in [9.17, 15) is 4.79 Å². The number of methoxy groups -OCH3 is 1. The summed E-state index contributed by atoms with van der Waals surface area (Å²) < 4.78 is 7.21. The monoisotopic (exact) mass is 470 g/mol. The van der Waals surface area contributed by atoms with Gasteiger partial charge in [-0.2, -0.15) is 0 Å². The minimum absolute atomic E-state index is 0.144. The molecule has 2 aromatic heterocycles. The Morgan fingerprint density at radius 2 is 2.09 bits per heavy atom. The summed E-state index contributed by atoms with van der Waals surface area (Å²) in [4.78, 5) is 22.3. The summed E-state index contributed by atoms with van der Waals surface area (Å²) in [5.41, 5.74) is 11.1. The van der Waals surface area contributed by atoms with Gasteiger partial charge in [-0.15, -0.1) is 0 Å².